The molecule has 0 atom stereocenters. The molecule has 3 N–H and O–H groups in total. The maximum atomic E-state index is 11.3. The average Bonchev–Trinajstić information content (AvgIpc) is 2.91. The first kappa shape index (κ1) is 46.8. The van der Waals surface area contributed by atoms with Gasteiger partial charge in [-0.1, -0.05) is 32.3 Å². The van der Waals surface area contributed by atoms with E-state index in [1.807, 2.05) is 13.1 Å². The summed E-state index contributed by atoms with van der Waals surface area (Å²) in [6.07, 6.45) is 0.730. The van der Waals surface area contributed by atoms with Gasteiger partial charge >= 0.3 is 24.1 Å². The molecule has 0 fully saturated rings. The maximum Gasteiger partial charge on any atom is 0.407 e. The molecule has 0 rings (SSSR count). The van der Waals surface area contributed by atoms with Crippen LogP contribution < -0.4 is 10.6 Å². The van der Waals surface area contributed by atoms with E-state index < -0.39 is 32.4 Å². The molecule has 0 aliphatic rings. The number of rotatable bonds is 22. The monoisotopic (exact) mass is 738 g/mol. The van der Waals surface area contributed by atoms with E-state index in [-0.39, 0.29) is 81.0 Å². The van der Waals surface area contributed by atoms with Gasteiger partial charge in [-0.15, -0.1) is 0 Å². The van der Waals surface area contributed by atoms with Crippen LogP contribution in [0.5, 0.6) is 0 Å². The summed E-state index contributed by atoms with van der Waals surface area (Å²) in [5.74, 6) is -0.958. The molecule has 0 saturated heterocycles. The van der Waals surface area contributed by atoms with Crippen LogP contribution in [0.15, 0.2) is 24.3 Å². The smallest absolute Gasteiger partial charge is 0.407 e. The SMILES string of the molecule is C=C(C)C(=O)OCCNC(=O)OCCOCCC[Si](C)(C)O.C=C(C)C(=O)OCCNC(=O)OCCOCCC[Si](C)C.[Y]. The minimum Gasteiger partial charge on any atom is -0.460 e. The van der Waals surface area contributed by atoms with E-state index in [0.717, 1.165) is 18.9 Å². The van der Waals surface area contributed by atoms with Gasteiger partial charge in [-0.25, -0.2) is 19.2 Å². The number of esters is 2. The predicted octanol–water partition coefficient (Wildman–Crippen LogP) is 3.43. The van der Waals surface area contributed by atoms with Gasteiger partial charge in [0.2, 0.25) is 0 Å². The van der Waals surface area contributed by atoms with Gasteiger partial charge in [0, 0.05) is 65.9 Å². The van der Waals surface area contributed by atoms with Crippen LogP contribution in [0, 0.1) is 0 Å². The van der Waals surface area contributed by atoms with Crippen LogP contribution in [-0.4, -0.2) is 112 Å². The van der Waals surface area contributed by atoms with E-state index >= 15 is 0 Å². The van der Waals surface area contributed by atoms with Crippen LogP contribution in [0.25, 0.3) is 0 Å². The van der Waals surface area contributed by atoms with E-state index in [1.165, 1.54) is 6.04 Å². The van der Waals surface area contributed by atoms with E-state index in [9.17, 15) is 24.0 Å². The van der Waals surface area contributed by atoms with E-state index in [4.69, 9.17) is 28.4 Å². The molecule has 0 aromatic heterocycles. The molecule has 0 aromatic rings. The molecule has 0 bridgehead atoms. The zero-order valence-electron chi connectivity index (χ0n) is 27.4. The normalized spacial score (nSPS) is 10.4. The van der Waals surface area contributed by atoms with Crippen LogP contribution in [0.3, 0.4) is 0 Å². The van der Waals surface area contributed by atoms with Crippen molar-refractivity contribution in [3.63, 3.8) is 0 Å². The largest absolute Gasteiger partial charge is 0.460 e. The molecule has 0 heterocycles. The second kappa shape index (κ2) is 30.1. The van der Waals surface area contributed by atoms with Gasteiger partial charge in [0.05, 0.1) is 26.3 Å². The molecule has 252 valence electrons. The summed E-state index contributed by atoms with van der Waals surface area (Å²) in [7, 11) is -2.18. The average molecular weight is 739 g/mol. The second-order valence-electron chi connectivity index (χ2n) is 10.4. The number of amides is 2. The van der Waals surface area contributed by atoms with Crippen molar-refractivity contribution in [2.75, 3.05) is 65.9 Å². The molecule has 16 heteroatoms. The van der Waals surface area contributed by atoms with Crippen LogP contribution in [-0.2, 0) is 70.7 Å². The van der Waals surface area contributed by atoms with Crippen molar-refractivity contribution < 1.29 is 85.1 Å². The van der Waals surface area contributed by atoms with Crippen LogP contribution in [0.2, 0.25) is 38.3 Å². The third-order valence-corrected chi connectivity index (χ3v) is 7.80. The summed E-state index contributed by atoms with van der Waals surface area (Å²) < 4.78 is 30.0. The van der Waals surface area contributed by atoms with Gasteiger partial charge in [0.25, 0.3) is 0 Å². The van der Waals surface area contributed by atoms with Gasteiger partial charge in [0.1, 0.15) is 26.4 Å². The molecule has 0 unspecified atom stereocenters. The first-order valence-corrected chi connectivity index (χ1v) is 20.1. The summed E-state index contributed by atoms with van der Waals surface area (Å²) in [4.78, 5) is 54.3. The minimum atomic E-state index is -1.99. The van der Waals surface area contributed by atoms with Gasteiger partial charge in [-0.2, -0.15) is 0 Å². The topological polar surface area (TPSA) is 168 Å². The van der Waals surface area contributed by atoms with Crippen molar-refractivity contribution in [2.45, 2.75) is 65.0 Å². The Morgan fingerprint density at radius 2 is 1.09 bits per heavy atom. The first-order chi connectivity index (χ1) is 20.2. The van der Waals surface area contributed by atoms with E-state index in [0.29, 0.717) is 37.6 Å². The summed E-state index contributed by atoms with van der Waals surface area (Å²) in [6, 6.07) is 2.02. The van der Waals surface area contributed by atoms with Gasteiger partial charge in [0.15, 0.2) is 8.32 Å². The Balaban J connectivity index is -0.000000748. The standard InChI is InChI=1S/C14H27NO6Si.C14H26NO5Si.Y/c1-12(2)13(16)20-8-6-15-14(17)21-10-9-19-7-5-11-22(3,4)18;1-12(2)13(16)19-8-6-15-14(17)20-10-9-18-7-5-11-21(3)4;/h18H,1,5-11H2,2-4H3,(H,15,17);1,5-11H2,2-4H3,(H,15,17);. The fourth-order valence-corrected chi connectivity index (χ4v) is 4.53. The Bertz CT molecular complexity index is 841. The number of carbonyl (C=O) groups is 4. The second-order valence-corrected chi connectivity index (χ2v) is 17.4. The third-order valence-electron chi connectivity index (χ3n) is 4.87. The maximum absolute atomic E-state index is 11.3. The molecule has 0 aliphatic heterocycles. The fraction of sp³-hybridized carbons (Fsp3) is 0.714. The molecule has 0 aliphatic carbocycles. The van der Waals surface area contributed by atoms with Crippen LogP contribution in [0.4, 0.5) is 9.59 Å². The third kappa shape index (κ3) is 36.6. The van der Waals surface area contributed by atoms with Crippen molar-refractivity contribution in [1.29, 1.82) is 0 Å². The predicted molar refractivity (Wildman–Crippen MR) is 168 cm³/mol. The Kier molecular flexibility index (Phi) is 32.0. The first-order valence-electron chi connectivity index (χ1n) is 14.3. The van der Waals surface area contributed by atoms with Gasteiger partial charge in [-0.3, -0.25) is 0 Å². The van der Waals surface area contributed by atoms with Crippen molar-refractivity contribution in [3.05, 3.63) is 24.3 Å². The van der Waals surface area contributed by atoms with Crippen molar-refractivity contribution in [3.8, 4) is 0 Å². The molecule has 44 heavy (non-hydrogen) atoms. The quantitative estimate of drug-likeness (QED) is 0.0490. The molecule has 0 aromatic carbocycles. The zero-order valence-corrected chi connectivity index (χ0v) is 32.3. The summed E-state index contributed by atoms with van der Waals surface area (Å²) in [6.45, 7) is 21.2. The molecule has 0 spiro atoms. The molecule has 13 nitrogen and oxygen atoms in total. The van der Waals surface area contributed by atoms with Gasteiger partial charge in [-0.05, 0) is 45.8 Å². The molecule has 0 saturated carbocycles. The molecular weight excluding hydrogens is 685 g/mol. The number of hydrogen-bond donors (Lipinski definition) is 3. The Hall–Kier alpha value is -1.62. The van der Waals surface area contributed by atoms with Gasteiger partial charge < -0.3 is 43.9 Å². The van der Waals surface area contributed by atoms with E-state index in [1.54, 1.807) is 13.8 Å². The summed E-state index contributed by atoms with van der Waals surface area (Å²) >= 11 is 0. The summed E-state index contributed by atoms with van der Waals surface area (Å²) in [5, 5.41) is 4.92. The zero-order chi connectivity index (χ0) is 33.1. The van der Waals surface area contributed by atoms with Crippen molar-refractivity contribution >= 4 is 41.2 Å². The van der Waals surface area contributed by atoms with Crippen molar-refractivity contribution in [1.82, 2.24) is 10.6 Å². The molecule has 2 amide bonds. The van der Waals surface area contributed by atoms with Crippen LogP contribution in [0.1, 0.15) is 26.7 Å². The molecular formula is C28H53N2O11Si2Y. The number of alkyl carbamates (subject to hydrolysis) is 2. The Morgan fingerprint density at radius 1 is 0.682 bits per heavy atom. The fourth-order valence-electron chi connectivity index (χ4n) is 2.67. The number of nitrogens with one attached hydrogen (secondary N) is 2. The van der Waals surface area contributed by atoms with Crippen LogP contribution >= 0.6 is 0 Å². The number of carbonyl (C=O) groups excluding carboxylic acids is 4. The minimum absolute atomic E-state index is 0. The Labute approximate surface area is 290 Å². The molecule has 2 radical (unpaired) electrons. The van der Waals surface area contributed by atoms with E-state index in [2.05, 4.69) is 36.9 Å². The number of hydrogen-bond acceptors (Lipinski definition) is 11. The van der Waals surface area contributed by atoms with Crippen molar-refractivity contribution in [2.24, 2.45) is 0 Å². The summed E-state index contributed by atoms with van der Waals surface area (Å²) in [5.41, 5.74) is 0.640. The number of ether oxygens (including phenoxy) is 6. The Morgan fingerprint density at radius 3 is 1.45 bits per heavy atom.